The fraction of sp³-hybridized carbons (Fsp3) is 0.857. The molecule has 2 aliphatic rings. The van der Waals surface area contributed by atoms with Gasteiger partial charge in [-0.05, 0) is 38.9 Å². The molecule has 5 heteroatoms. The van der Waals surface area contributed by atoms with Crippen LogP contribution in [0.5, 0.6) is 0 Å². The average molecular weight is 284 g/mol. The summed E-state index contributed by atoms with van der Waals surface area (Å²) < 4.78 is 0.203. The lowest BCUT2D eigenvalue weighted by Crippen LogP contribution is -2.70. The lowest BCUT2D eigenvalue weighted by atomic mass is 9.87. The molecule has 2 fully saturated rings. The number of thioether (sulfide) groups is 1. The van der Waals surface area contributed by atoms with Crippen LogP contribution in [0, 0.1) is 0 Å². The van der Waals surface area contributed by atoms with Crippen LogP contribution in [0.15, 0.2) is 0 Å². The van der Waals surface area contributed by atoms with Crippen molar-refractivity contribution < 1.29 is 9.59 Å². The first kappa shape index (κ1) is 14.7. The lowest BCUT2D eigenvalue weighted by Gasteiger charge is -2.45. The minimum Gasteiger partial charge on any atom is -0.340 e. The number of nitrogens with one attached hydrogen (secondary N) is 1. The molecule has 2 rings (SSSR count). The van der Waals surface area contributed by atoms with Crippen LogP contribution in [0.25, 0.3) is 0 Å². The van der Waals surface area contributed by atoms with Crippen molar-refractivity contribution in [1.82, 2.24) is 10.2 Å². The van der Waals surface area contributed by atoms with Crippen LogP contribution in [-0.2, 0) is 9.59 Å². The van der Waals surface area contributed by atoms with Crippen LogP contribution in [0.1, 0.15) is 46.5 Å². The molecule has 19 heavy (non-hydrogen) atoms. The molecule has 4 nitrogen and oxygen atoms in total. The van der Waals surface area contributed by atoms with E-state index in [-0.39, 0.29) is 22.6 Å². The summed E-state index contributed by atoms with van der Waals surface area (Å²) in [6.07, 6.45) is 5.71. The molecule has 0 radical (unpaired) electrons. The number of carbonyl (C=O) groups is 2. The standard InChI is InChI=1S/C14H24N2O2S/c1-5-14(6-2)12(18)16(10(3)11(17)15-14)9-13(19-4)7-8-13/h10H,5-9H2,1-4H3,(H,15,17). The number of hydrogen-bond donors (Lipinski definition) is 1. The Kier molecular flexibility index (Phi) is 3.87. The molecule has 1 atom stereocenters. The van der Waals surface area contributed by atoms with Gasteiger partial charge in [0.2, 0.25) is 11.8 Å². The zero-order valence-corrected chi connectivity index (χ0v) is 13.1. The summed E-state index contributed by atoms with van der Waals surface area (Å²) in [5, 5.41) is 2.95. The summed E-state index contributed by atoms with van der Waals surface area (Å²) in [4.78, 5) is 26.8. The van der Waals surface area contributed by atoms with Gasteiger partial charge in [0.15, 0.2) is 0 Å². The third-order valence-corrected chi connectivity index (χ3v) is 6.19. The lowest BCUT2D eigenvalue weighted by molar-refractivity contribution is -0.154. The number of nitrogens with zero attached hydrogens (tertiary/aromatic N) is 1. The van der Waals surface area contributed by atoms with E-state index in [1.165, 1.54) is 0 Å². The molecule has 0 aromatic carbocycles. The summed E-state index contributed by atoms with van der Waals surface area (Å²) >= 11 is 1.83. The van der Waals surface area contributed by atoms with Gasteiger partial charge in [-0.2, -0.15) is 11.8 Å². The molecule has 2 amide bonds. The maximum atomic E-state index is 12.8. The molecule has 0 aromatic heterocycles. The van der Waals surface area contributed by atoms with Gasteiger partial charge >= 0.3 is 0 Å². The zero-order chi connectivity index (χ0) is 14.3. The molecule has 1 saturated heterocycles. The van der Waals surface area contributed by atoms with E-state index < -0.39 is 5.54 Å². The second-order valence-corrected chi connectivity index (χ2v) is 7.05. The van der Waals surface area contributed by atoms with E-state index in [0.717, 1.165) is 12.8 Å². The first-order chi connectivity index (χ1) is 8.93. The minimum absolute atomic E-state index is 0.0137. The SMILES string of the molecule is CCC1(CC)NC(=O)C(C)N(CC2(SC)CC2)C1=O. The number of piperazine rings is 1. The highest BCUT2D eigenvalue weighted by molar-refractivity contribution is 8.00. The van der Waals surface area contributed by atoms with Crippen LogP contribution in [-0.4, -0.2) is 45.8 Å². The first-order valence-electron chi connectivity index (χ1n) is 7.12. The molecule has 108 valence electrons. The highest BCUT2D eigenvalue weighted by Crippen LogP contribution is 2.48. The third-order valence-electron chi connectivity index (χ3n) is 4.79. The smallest absolute Gasteiger partial charge is 0.249 e. The maximum Gasteiger partial charge on any atom is 0.249 e. The van der Waals surface area contributed by atoms with Gasteiger partial charge in [0.05, 0.1) is 0 Å². The summed E-state index contributed by atoms with van der Waals surface area (Å²) in [7, 11) is 0. The number of carbonyl (C=O) groups excluding carboxylic acids is 2. The van der Waals surface area contributed by atoms with Crippen molar-refractivity contribution >= 4 is 23.6 Å². The number of amides is 2. The van der Waals surface area contributed by atoms with E-state index in [9.17, 15) is 9.59 Å². The summed E-state index contributed by atoms with van der Waals surface area (Å²) in [6.45, 7) is 6.48. The fourth-order valence-corrected chi connectivity index (χ4v) is 3.58. The molecule has 0 bridgehead atoms. The van der Waals surface area contributed by atoms with E-state index in [1.54, 1.807) is 0 Å². The van der Waals surface area contributed by atoms with Crippen LogP contribution in [0.3, 0.4) is 0 Å². The van der Waals surface area contributed by atoms with Gasteiger partial charge in [0.25, 0.3) is 0 Å². The van der Waals surface area contributed by atoms with Gasteiger partial charge < -0.3 is 10.2 Å². The number of hydrogen-bond acceptors (Lipinski definition) is 3. The van der Waals surface area contributed by atoms with Gasteiger partial charge in [-0.3, -0.25) is 9.59 Å². The van der Waals surface area contributed by atoms with Crippen molar-refractivity contribution in [2.24, 2.45) is 0 Å². The van der Waals surface area contributed by atoms with Crippen LogP contribution in [0.2, 0.25) is 0 Å². The predicted octanol–water partition coefficient (Wildman–Crippen LogP) is 1.79. The Morgan fingerprint density at radius 2 is 1.89 bits per heavy atom. The molecule has 1 N–H and O–H groups in total. The van der Waals surface area contributed by atoms with Crippen molar-refractivity contribution in [1.29, 1.82) is 0 Å². The Bertz CT molecular complexity index is 389. The Balaban J connectivity index is 2.24. The monoisotopic (exact) mass is 284 g/mol. The van der Waals surface area contributed by atoms with Crippen molar-refractivity contribution in [3.63, 3.8) is 0 Å². The quantitative estimate of drug-likeness (QED) is 0.837. The highest BCUT2D eigenvalue weighted by atomic mass is 32.2. The average Bonchev–Trinajstić information content (AvgIpc) is 3.20. The van der Waals surface area contributed by atoms with Crippen LogP contribution in [0.4, 0.5) is 0 Å². The van der Waals surface area contributed by atoms with E-state index in [2.05, 4.69) is 11.6 Å². The molecule has 1 heterocycles. The normalized spacial score (nSPS) is 28.2. The second kappa shape index (κ2) is 5.00. The van der Waals surface area contributed by atoms with Gasteiger partial charge in [0, 0.05) is 11.3 Å². The summed E-state index contributed by atoms with van der Waals surface area (Å²) in [5.41, 5.74) is -0.682. The van der Waals surface area contributed by atoms with Gasteiger partial charge in [0.1, 0.15) is 11.6 Å². The molecule has 1 saturated carbocycles. The van der Waals surface area contributed by atoms with Crippen molar-refractivity contribution in [3.8, 4) is 0 Å². The van der Waals surface area contributed by atoms with E-state index >= 15 is 0 Å². The zero-order valence-electron chi connectivity index (χ0n) is 12.3. The molecule has 1 aliphatic heterocycles. The van der Waals surface area contributed by atoms with E-state index in [0.29, 0.717) is 19.4 Å². The van der Waals surface area contributed by atoms with E-state index in [1.807, 2.05) is 37.4 Å². The van der Waals surface area contributed by atoms with Gasteiger partial charge in [-0.15, -0.1) is 0 Å². The molecule has 0 spiro atoms. The molecule has 1 aliphatic carbocycles. The second-order valence-electron chi connectivity index (χ2n) is 5.77. The van der Waals surface area contributed by atoms with Crippen molar-refractivity contribution in [2.75, 3.05) is 12.8 Å². The number of rotatable bonds is 5. The van der Waals surface area contributed by atoms with E-state index in [4.69, 9.17) is 0 Å². The molecule has 1 unspecified atom stereocenters. The molecular weight excluding hydrogens is 260 g/mol. The fourth-order valence-electron chi connectivity index (χ4n) is 2.80. The Labute approximate surface area is 119 Å². The minimum atomic E-state index is -0.682. The van der Waals surface area contributed by atoms with Gasteiger partial charge in [-0.25, -0.2) is 0 Å². The van der Waals surface area contributed by atoms with Crippen LogP contribution >= 0.6 is 11.8 Å². The van der Waals surface area contributed by atoms with Crippen molar-refractivity contribution in [3.05, 3.63) is 0 Å². The molecule has 0 aromatic rings. The van der Waals surface area contributed by atoms with Crippen LogP contribution < -0.4 is 5.32 Å². The summed E-state index contributed by atoms with van der Waals surface area (Å²) in [6, 6.07) is -0.344. The Hall–Kier alpha value is -0.710. The Morgan fingerprint density at radius 1 is 1.32 bits per heavy atom. The maximum absolute atomic E-state index is 12.8. The topological polar surface area (TPSA) is 49.4 Å². The van der Waals surface area contributed by atoms with Gasteiger partial charge in [-0.1, -0.05) is 13.8 Å². The first-order valence-corrected chi connectivity index (χ1v) is 8.34. The Morgan fingerprint density at radius 3 is 2.32 bits per heavy atom. The summed E-state index contributed by atoms with van der Waals surface area (Å²) in [5.74, 6) is 0.0881. The predicted molar refractivity (Wildman–Crippen MR) is 78.1 cm³/mol. The third kappa shape index (κ3) is 2.37. The molecular formula is C14H24N2O2S. The van der Waals surface area contributed by atoms with Crippen molar-refractivity contribution in [2.45, 2.75) is 62.8 Å². The largest absolute Gasteiger partial charge is 0.340 e. The highest BCUT2D eigenvalue weighted by Gasteiger charge is 2.52.